The van der Waals surface area contributed by atoms with E-state index in [4.69, 9.17) is 9.05 Å². The van der Waals surface area contributed by atoms with Crippen LogP contribution in [0.3, 0.4) is 0 Å². The molecule has 0 unspecified atom stereocenters. The van der Waals surface area contributed by atoms with Gasteiger partial charge in [0.05, 0.1) is 11.4 Å². The third-order valence-corrected chi connectivity index (χ3v) is 6.43. The standard InChI is InChI=1S/C24H29N5O4/c1-13-5-7-17(8-6-13)22(27-23(30)19-12-32-28-14(19)2)24(31)26-20-10-9-18(11-25-20)21-15(3)29-33-16(21)4/h9-13,17,22H,5-8H2,1-4H3,(H,27,30)(H,25,26,31)/t13?,17?,22-/m0/s1. The monoisotopic (exact) mass is 451 g/mol. The van der Waals surface area contributed by atoms with Crippen LogP contribution in [0.5, 0.6) is 0 Å². The molecule has 3 aromatic heterocycles. The normalized spacial score (nSPS) is 19.2. The first-order valence-electron chi connectivity index (χ1n) is 11.3. The second-order valence-corrected chi connectivity index (χ2v) is 8.91. The largest absolute Gasteiger partial charge is 0.364 e. The van der Waals surface area contributed by atoms with Crippen molar-refractivity contribution in [2.24, 2.45) is 11.8 Å². The number of nitrogens with zero attached hydrogens (tertiary/aromatic N) is 3. The van der Waals surface area contributed by atoms with E-state index in [2.05, 4.69) is 32.9 Å². The van der Waals surface area contributed by atoms with Crippen molar-refractivity contribution in [1.82, 2.24) is 20.6 Å². The molecule has 0 aromatic carbocycles. The van der Waals surface area contributed by atoms with E-state index in [1.54, 1.807) is 19.2 Å². The Labute approximate surface area is 192 Å². The molecule has 0 bridgehead atoms. The summed E-state index contributed by atoms with van der Waals surface area (Å²) in [7, 11) is 0. The number of amides is 2. The van der Waals surface area contributed by atoms with Crippen LogP contribution in [0.1, 0.15) is 60.1 Å². The van der Waals surface area contributed by atoms with Gasteiger partial charge in [-0.15, -0.1) is 0 Å². The Morgan fingerprint density at radius 2 is 1.82 bits per heavy atom. The Kier molecular flexibility index (Phi) is 6.57. The molecule has 0 aliphatic heterocycles. The SMILES string of the molecule is Cc1nocc1C(=O)N[C@H](C(=O)Nc1ccc(-c2c(C)noc2C)cn1)C1CCC(C)CC1. The summed E-state index contributed by atoms with van der Waals surface area (Å²) in [5, 5.41) is 13.5. The van der Waals surface area contributed by atoms with Crippen molar-refractivity contribution in [3.8, 4) is 11.1 Å². The highest BCUT2D eigenvalue weighted by atomic mass is 16.5. The Bertz CT molecular complexity index is 1110. The number of hydrogen-bond donors (Lipinski definition) is 2. The number of nitrogens with one attached hydrogen (secondary N) is 2. The molecule has 0 spiro atoms. The lowest BCUT2D eigenvalue weighted by Gasteiger charge is -2.32. The van der Waals surface area contributed by atoms with Crippen LogP contribution < -0.4 is 10.6 Å². The maximum Gasteiger partial charge on any atom is 0.257 e. The first-order chi connectivity index (χ1) is 15.8. The van der Waals surface area contributed by atoms with Crippen LogP contribution in [0, 0.1) is 32.6 Å². The van der Waals surface area contributed by atoms with Gasteiger partial charge in [0.15, 0.2) is 0 Å². The van der Waals surface area contributed by atoms with Crippen molar-refractivity contribution in [1.29, 1.82) is 0 Å². The van der Waals surface area contributed by atoms with Gasteiger partial charge in [-0.1, -0.05) is 30.1 Å². The van der Waals surface area contributed by atoms with Gasteiger partial charge in [0.1, 0.15) is 29.4 Å². The number of aromatic nitrogens is 3. The first kappa shape index (κ1) is 22.7. The molecule has 1 atom stereocenters. The van der Waals surface area contributed by atoms with E-state index in [1.165, 1.54) is 6.26 Å². The van der Waals surface area contributed by atoms with E-state index in [-0.39, 0.29) is 17.7 Å². The number of anilines is 1. The summed E-state index contributed by atoms with van der Waals surface area (Å²) in [5.41, 5.74) is 3.35. The molecular formula is C24H29N5O4. The third-order valence-electron chi connectivity index (χ3n) is 6.43. The second kappa shape index (κ2) is 9.56. The van der Waals surface area contributed by atoms with Gasteiger partial charge in [0, 0.05) is 17.3 Å². The number of rotatable bonds is 6. The molecule has 33 heavy (non-hydrogen) atoms. The fraction of sp³-hybridized carbons (Fsp3) is 0.458. The summed E-state index contributed by atoms with van der Waals surface area (Å²) in [5.74, 6) is 1.15. The fourth-order valence-electron chi connectivity index (χ4n) is 4.46. The molecule has 2 amide bonds. The molecule has 0 saturated heterocycles. The van der Waals surface area contributed by atoms with Crippen LogP contribution in [0.4, 0.5) is 5.82 Å². The van der Waals surface area contributed by atoms with E-state index >= 15 is 0 Å². The highest BCUT2D eigenvalue weighted by molar-refractivity contribution is 6.01. The van der Waals surface area contributed by atoms with Crippen LogP contribution in [-0.4, -0.2) is 33.2 Å². The highest BCUT2D eigenvalue weighted by Crippen LogP contribution is 2.31. The van der Waals surface area contributed by atoms with Crippen molar-refractivity contribution in [2.45, 2.75) is 59.4 Å². The van der Waals surface area contributed by atoms with Gasteiger partial charge in [0.25, 0.3) is 5.91 Å². The van der Waals surface area contributed by atoms with Gasteiger partial charge in [-0.2, -0.15) is 0 Å². The third kappa shape index (κ3) is 4.97. The molecule has 3 aromatic rings. The van der Waals surface area contributed by atoms with Crippen molar-refractivity contribution in [3.05, 3.63) is 47.3 Å². The zero-order valence-electron chi connectivity index (χ0n) is 19.3. The lowest BCUT2D eigenvalue weighted by atomic mass is 9.79. The molecule has 1 saturated carbocycles. The zero-order chi connectivity index (χ0) is 23.5. The minimum Gasteiger partial charge on any atom is -0.364 e. The number of hydrogen-bond acceptors (Lipinski definition) is 7. The van der Waals surface area contributed by atoms with Crippen LogP contribution in [0.15, 0.2) is 33.6 Å². The molecule has 9 nitrogen and oxygen atoms in total. The molecule has 0 radical (unpaired) electrons. The summed E-state index contributed by atoms with van der Waals surface area (Å²) in [6.45, 7) is 7.63. The Morgan fingerprint density at radius 3 is 2.39 bits per heavy atom. The molecule has 2 N–H and O–H groups in total. The smallest absolute Gasteiger partial charge is 0.257 e. The summed E-state index contributed by atoms with van der Waals surface area (Å²) < 4.78 is 10.1. The van der Waals surface area contributed by atoms with E-state index in [0.717, 1.165) is 42.5 Å². The van der Waals surface area contributed by atoms with E-state index in [1.807, 2.05) is 19.9 Å². The van der Waals surface area contributed by atoms with Gasteiger partial charge < -0.3 is 19.7 Å². The van der Waals surface area contributed by atoms with Crippen LogP contribution in [0.2, 0.25) is 0 Å². The van der Waals surface area contributed by atoms with Crippen LogP contribution in [-0.2, 0) is 4.79 Å². The summed E-state index contributed by atoms with van der Waals surface area (Å²) >= 11 is 0. The van der Waals surface area contributed by atoms with Crippen molar-refractivity contribution in [3.63, 3.8) is 0 Å². The van der Waals surface area contributed by atoms with Gasteiger partial charge in [-0.05, 0) is 57.6 Å². The topological polar surface area (TPSA) is 123 Å². The van der Waals surface area contributed by atoms with Gasteiger partial charge in [0.2, 0.25) is 5.91 Å². The number of carbonyl (C=O) groups is 2. The van der Waals surface area contributed by atoms with Crippen molar-refractivity contribution >= 4 is 17.6 Å². The summed E-state index contributed by atoms with van der Waals surface area (Å²) in [6, 6.07) is 2.93. The molecule has 4 rings (SSSR count). The molecule has 174 valence electrons. The molecule has 1 aliphatic rings. The molecule has 1 aliphatic carbocycles. The van der Waals surface area contributed by atoms with E-state index < -0.39 is 6.04 Å². The lowest BCUT2D eigenvalue weighted by Crippen LogP contribution is -2.49. The lowest BCUT2D eigenvalue weighted by molar-refractivity contribution is -0.119. The number of pyridine rings is 1. The average Bonchev–Trinajstić information content (AvgIpc) is 3.38. The Balaban J connectivity index is 1.51. The maximum atomic E-state index is 13.3. The highest BCUT2D eigenvalue weighted by Gasteiger charge is 2.33. The van der Waals surface area contributed by atoms with Gasteiger partial charge in [-0.25, -0.2) is 4.98 Å². The van der Waals surface area contributed by atoms with Crippen molar-refractivity contribution in [2.75, 3.05) is 5.32 Å². The van der Waals surface area contributed by atoms with E-state index in [0.29, 0.717) is 28.8 Å². The zero-order valence-corrected chi connectivity index (χ0v) is 19.3. The number of aryl methyl sites for hydroxylation is 3. The quantitative estimate of drug-likeness (QED) is 0.575. The average molecular weight is 452 g/mol. The fourth-order valence-corrected chi connectivity index (χ4v) is 4.46. The molecule has 1 fully saturated rings. The molecule has 3 heterocycles. The van der Waals surface area contributed by atoms with Crippen molar-refractivity contribution < 1.29 is 18.6 Å². The molecular weight excluding hydrogens is 422 g/mol. The van der Waals surface area contributed by atoms with Crippen LogP contribution >= 0.6 is 0 Å². The maximum absolute atomic E-state index is 13.3. The minimum absolute atomic E-state index is 0.0480. The Hall–Kier alpha value is -3.49. The number of carbonyl (C=O) groups excluding carboxylic acids is 2. The van der Waals surface area contributed by atoms with Gasteiger partial charge >= 0.3 is 0 Å². The predicted molar refractivity (Wildman–Crippen MR) is 121 cm³/mol. The van der Waals surface area contributed by atoms with E-state index in [9.17, 15) is 9.59 Å². The second-order valence-electron chi connectivity index (χ2n) is 8.91. The summed E-state index contributed by atoms with van der Waals surface area (Å²) in [4.78, 5) is 30.5. The minimum atomic E-state index is -0.677. The van der Waals surface area contributed by atoms with Gasteiger partial charge in [-0.3, -0.25) is 9.59 Å². The molecule has 9 heteroatoms. The van der Waals surface area contributed by atoms with Crippen LogP contribution in [0.25, 0.3) is 11.1 Å². The first-order valence-corrected chi connectivity index (χ1v) is 11.3. The Morgan fingerprint density at radius 1 is 1.06 bits per heavy atom. The predicted octanol–water partition coefficient (Wildman–Crippen LogP) is 4.21. The summed E-state index contributed by atoms with van der Waals surface area (Å²) in [6.07, 6.45) is 6.79.